The normalized spacial score (nSPS) is 21.5. The number of hydrogen-bond acceptors (Lipinski definition) is 4. The van der Waals surface area contributed by atoms with Crippen LogP contribution in [0.3, 0.4) is 0 Å². The Morgan fingerprint density at radius 3 is 2.79 bits per heavy atom. The number of amides is 1. The molecule has 1 saturated heterocycles. The summed E-state index contributed by atoms with van der Waals surface area (Å²) in [6.07, 6.45) is 6.30. The van der Waals surface area contributed by atoms with Crippen LogP contribution in [0, 0.1) is 0 Å². The SMILES string of the molecule is O=C(CCc1cscn1)NC1CCN(C2CC2)CC1. The highest BCUT2D eigenvalue weighted by molar-refractivity contribution is 7.07. The molecule has 0 spiro atoms. The van der Waals surface area contributed by atoms with Crippen LogP contribution in [-0.2, 0) is 11.2 Å². The third kappa shape index (κ3) is 3.76. The topological polar surface area (TPSA) is 45.2 Å². The van der Waals surface area contributed by atoms with E-state index < -0.39 is 0 Å². The smallest absolute Gasteiger partial charge is 0.220 e. The van der Waals surface area contributed by atoms with Crippen molar-refractivity contribution in [3.63, 3.8) is 0 Å². The van der Waals surface area contributed by atoms with Crippen molar-refractivity contribution < 1.29 is 4.79 Å². The fourth-order valence-electron chi connectivity index (χ4n) is 2.75. The van der Waals surface area contributed by atoms with E-state index in [2.05, 4.69) is 15.2 Å². The minimum absolute atomic E-state index is 0.179. The van der Waals surface area contributed by atoms with Crippen LogP contribution in [0.2, 0.25) is 0 Å². The average molecular weight is 279 g/mol. The number of nitrogens with zero attached hydrogens (tertiary/aromatic N) is 2. The van der Waals surface area contributed by atoms with Gasteiger partial charge in [0.1, 0.15) is 0 Å². The summed E-state index contributed by atoms with van der Waals surface area (Å²) in [5.41, 5.74) is 2.85. The highest BCUT2D eigenvalue weighted by Crippen LogP contribution is 2.29. The zero-order valence-corrected chi connectivity index (χ0v) is 12.0. The highest BCUT2D eigenvalue weighted by atomic mass is 32.1. The lowest BCUT2D eigenvalue weighted by molar-refractivity contribution is -0.122. The van der Waals surface area contributed by atoms with Crippen molar-refractivity contribution in [2.24, 2.45) is 0 Å². The molecule has 0 radical (unpaired) electrons. The molecule has 0 atom stereocenters. The summed E-state index contributed by atoms with van der Waals surface area (Å²) < 4.78 is 0. The van der Waals surface area contributed by atoms with Crippen molar-refractivity contribution in [3.05, 3.63) is 16.6 Å². The number of piperidine rings is 1. The number of carbonyl (C=O) groups excluding carboxylic acids is 1. The number of likely N-dealkylation sites (tertiary alicyclic amines) is 1. The van der Waals surface area contributed by atoms with Crippen LogP contribution in [0.1, 0.15) is 37.8 Å². The van der Waals surface area contributed by atoms with Gasteiger partial charge in [-0.25, -0.2) is 4.98 Å². The lowest BCUT2D eigenvalue weighted by atomic mass is 10.0. The number of carbonyl (C=O) groups is 1. The molecule has 1 aromatic heterocycles. The summed E-state index contributed by atoms with van der Waals surface area (Å²) in [5, 5.41) is 5.19. The molecule has 5 heteroatoms. The predicted molar refractivity (Wildman–Crippen MR) is 76.2 cm³/mol. The number of nitrogens with one attached hydrogen (secondary N) is 1. The molecular formula is C14H21N3OS. The van der Waals surface area contributed by atoms with E-state index in [4.69, 9.17) is 0 Å². The Morgan fingerprint density at radius 1 is 1.37 bits per heavy atom. The molecule has 0 bridgehead atoms. The highest BCUT2D eigenvalue weighted by Gasteiger charge is 2.31. The third-order valence-corrected chi connectivity index (χ3v) is 4.68. The van der Waals surface area contributed by atoms with Gasteiger partial charge >= 0.3 is 0 Å². The van der Waals surface area contributed by atoms with Gasteiger partial charge in [0.25, 0.3) is 0 Å². The molecule has 1 aliphatic heterocycles. The maximum Gasteiger partial charge on any atom is 0.220 e. The van der Waals surface area contributed by atoms with Gasteiger partial charge in [0.05, 0.1) is 11.2 Å². The molecule has 0 aromatic carbocycles. The Hall–Kier alpha value is -0.940. The third-order valence-electron chi connectivity index (χ3n) is 4.05. The second-order valence-corrected chi connectivity index (χ2v) is 6.31. The van der Waals surface area contributed by atoms with E-state index in [0.29, 0.717) is 12.5 Å². The Labute approximate surface area is 118 Å². The van der Waals surface area contributed by atoms with Crippen LogP contribution in [0.4, 0.5) is 0 Å². The quantitative estimate of drug-likeness (QED) is 0.894. The molecular weight excluding hydrogens is 258 g/mol. The second kappa shape index (κ2) is 6.01. The molecule has 2 aliphatic rings. The molecule has 1 saturated carbocycles. The van der Waals surface area contributed by atoms with Crippen LogP contribution in [-0.4, -0.2) is 41.0 Å². The molecule has 1 amide bonds. The first-order chi connectivity index (χ1) is 9.31. The Bertz CT molecular complexity index is 408. The summed E-state index contributed by atoms with van der Waals surface area (Å²) >= 11 is 1.59. The number of aryl methyl sites for hydroxylation is 1. The lowest BCUT2D eigenvalue weighted by Crippen LogP contribution is -2.45. The summed E-state index contributed by atoms with van der Waals surface area (Å²) in [7, 11) is 0. The molecule has 0 unspecified atom stereocenters. The maximum absolute atomic E-state index is 11.9. The van der Waals surface area contributed by atoms with E-state index in [-0.39, 0.29) is 5.91 Å². The fourth-order valence-corrected chi connectivity index (χ4v) is 3.34. The lowest BCUT2D eigenvalue weighted by Gasteiger charge is -2.32. The van der Waals surface area contributed by atoms with E-state index in [0.717, 1.165) is 44.1 Å². The summed E-state index contributed by atoms with van der Waals surface area (Å²) in [6.45, 7) is 2.31. The van der Waals surface area contributed by atoms with Crippen molar-refractivity contribution in [2.75, 3.05) is 13.1 Å². The van der Waals surface area contributed by atoms with Gasteiger partial charge in [-0.15, -0.1) is 11.3 Å². The van der Waals surface area contributed by atoms with Gasteiger partial charge in [0, 0.05) is 37.0 Å². The summed E-state index contributed by atoms with van der Waals surface area (Å²) in [4.78, 5) is 18.7. The van der Waals surface area contributed by atoms with Gasteiger partial charge in [-0.05, 0) is 32.1 Å². The molecule has 1 aromatic rings. The Kier molecular flexibility index (Phi) is 4.13. The second-order valence-electron chi connectivity index (χ2n) is 5.59. The average Bonchev–Trinajstić information content (AvgIpc) is 3.14. The Morgan fingerprint density at radius 2 is 2.16 bits per heavy atom. The molecule has 104 valence electrons. The molecule has 1 N–H and O–H groups in total. The Balaban J connectivity index is 1.35. The first kappa shape index (κ1) is 13.1. The minimum Gasteiger partial charge on any atom is -0.353 e. The van der Waals surface area contributed by atoms with Crippen LogP contribution in [0.5, 0.6) is 0 Å². The number of rotatable bonds is 5. The zero-order chi connectivity index (χ0) is 13.1. The first-order valence-electron chi connectivity index (χ1n) is 7.22. The van der Waals surface area contributed by atoms with Gasteiger partial charge in [0.15, 0.2) is 0 Å². The monoisotopic (exact) mass is 279 g/mol. The van der Waals surface area contributed by atoms with Gasteiger partial charge in [-0.3, -0.25) is 4.79 Å². The van der Waals surface area contributed by atoms with Crippen LogP contribution in [0.25, 0.3) is 0 Å². The fraction of sp³-hybridized carbons (Fsp3) is 0.714. The largest absolute Gasteiger partial charge is 0.353 e. The summed E-state index contributed by atoms with van der Waals surface area (Å²) in [5.74, 6) is 0.179. The molecule has 1 aliphatic carbocycles. The summed E-state index contributed by atoms with van der Waals surface area (Å²) in [6, 6.07) is 1.25. The first-order valence-corrected chi connectivity index (χ1v) is 8.16. The number of aromatic nitrogens is 1. The van der Waals surface area contributed by atoms with E-state index >= 15 is 0 Å². The maximum atomic E-state index is 11.9. The van der Waals surface area contributed by atoms with Crippen molar-refractivity contribution in [3.8, 4) is 0 Å². The van der Waals surface area contributed by atoms with Gasteiger partial charge in [-0.1, -0.05) is 0 Å². The minimum atomic E-state index is 0.179. The molecule has 4 nitrogen and oxygen atoms in total. The van der Waals surface area contributed by atoms with E-state index in [1.807, 2.05) is 10.9 Å². The van der Waals surface area contributed by atoms with E-state index in [9.17, 15) is 4.79 Å². The number of hydrogen-bond donors (Lipinski definition) is 1. The molecule has 3 rings (SSSR count). The van der Waals surface area contributed by atoms with Gasteiger partial charge in [0.2, 0.25) is 5.91 Å². The van der Waals surface area contributed by atoms with Crippen LogP contribution >= 0.6 is 11.3 Å². The molecule has 19 heavy (non-hydrogen) atoms. The van der Waals surface area contributed by atoms with Gasteiger partial charge < -0.3 is 10.2 Å². The van der Waals surface area contributed by atoms with Crippen LogP contribution < -0.4 is 5.32 Å². The van der Waals surface area contributed by atoms with Crippen molar-refractivity contribution in [2.45, 2.75) is 50.6 Å². The molecule has 2 heterocycles. The van der Waals surface area contributed by atoms with E-state index in [1.165, 1.54) is 12.8 Å². The zero-order valence-electron chi connectivity index (χ0n) is 11.2. The van der Waals surface area contributed by atoms with Crippen molar-refractivity contribution in [1.82, 2.24) is 15.2 Å². The van der Waals surface area contributed by atoms with Crippen LogP contribution in [0.15, 0.2) is 10.9 Å². The van der Waals surface area contributed by atoms with Crippen molar-refractivity contribution in [1.29, 1.82) is 0 Å². The molecule has 2 fully saturated rings. The number of thiazole rings is 1. The standard InChI is InChI=1S/C14H21N3OS/c18-14(4-1-12-9-19-10-15-12)16-11-5-7-17(8-6-11)13-2-3-13/h9-11,13H,1-8H2,(H,16,18). The predicted octanol–water partition coefficient (Wildman–Crippen LogP) is 1.82. The van der Waals surface area contributed by atoms with Gasteiger partial charge in [-0.2, -0.15) is 0 Å². The van der Waals surface area contributed by atoms with E-state index in [1.54, 1.807) is 11.3 Å². The van der Waals surface area contributed by atoms with Crippen molar-refractivity contribution >= 4 is 17.2 Å².